The van der Waals surface area contributed by atoms with Crippen LogP contribution in [0, 0.1) is 18.7 Å². The van der Waals surface area contributed by atoms with Crippen molar-refractivity contribution in [2.24, 2.45) is 5.92 Å². The van der Waals surface area contributed by atoms with Gasteiger partial charge in [-0.25, -0.2) is 18.5 Å². The minimum atomic E-state index is -3.14. The molecule has 0 aliphatic heterocycles. The first-order valence-corrected chi connectivity index (χ1v) is 11.4. The minimum absolute atomic E-state index is 0.119. The number of ether oxygens (including phenoxy) is 2. The molecule has 2 aromatic rings. The number of benzene rings is 1. The first-order chi connectivity index (χ1) is 15.0. The van der Waals surface area contributed by atoms with E-state index in [2.05, 4.69) is 18.9 Å². The van der Waals surface area contributed by atoms with E-state index in [9.17, 15) is 22.8 Å². The van der Waals surface area contributed by atoms with Crippen LogP contribution in [0.1, 0.15) is 39.6 Å². The fraction of sp³-hybridized carbons (Fsp3) is 0.550. The topological polar surface area (TPSA) is 75.4 Å². The van der Waals surface area contributed by atoms with Gasteiger partial charge in [0.25, 0.3) is 0 Å². The quantitative estimate of drug-likeness (QED) is 0.334. The van der Waals surface area contributed by atoms with E-state index < -0.39 is 35.8 Å². The highest BCUT2D eigenvalue weighted by Gasteiger charge is 2.23. The summed E-state index contributed by atoms with van der Waals surface area (Å²) in [5, 5.41) is 3.51. The van der Waals surface area contributed by atoms with Gasteiger partial charge in [0.15, 0.2) is 11.9 Å². The SMILES string of the molecule is Cc1nn(-c2cc(OC(C)C(=O)OCCCSCC(C)C)c(Cl)cc2F)c(=O)n1C(F)F. The first-order valence-electron chi connectivity index (χ1n) is 9.89. The van der Waals surface area contributed by atoms with Gasteiger partial charge in [-0.3, -0.25) is 0 Å². The van der Waals surface area contributed by atoms with Crippen molar-refractivity contribution >= 4 is 29.3 Å². The normalized spacial score (nSPS) is 12.4. The smallest absolute Gasteiger partial charge is 0.355 e. The summed E-state index contributed by atoms with van der Waals surface area (Å²) in [6, 6.07) is 1.87. The van der Waals surface area contributed by atoms with Crippen molar-refractivity contribution in [3.63, 3.8) is 0 Å². The highest BCUT2D eigenvalue weighted by Crippen LogP contribution is 2.30. The summed E-state index contributed by atoms with van der Waals surface area (Å²) in [6.07, 6.45) is -0.391. The zero-order valence-corrected chi connectivity index (χ0v) is 19.7. The van der Waals surface area contributed by atoms with Gasteiger partial charge in [0.2, 0.25) is 0 Å². The number of carbonyl (C=O) groups is 1. The van der Waals surface area contributed by atoms with Crippen LogP contribution in [0.25, 0.3) is 5.69 Å². The van der Waals surface area contributed by atoms with Gasteiger partial charge in [-0.05, 0) is 43.8 Å². The van der Waals surface area contributed by atoms with Crippen molar-refractivity contribution in [2.75, 3.05) is 18.1 Å². The molecule has 1 heterocycles. The number of rotatable bonds is 11. The van der Waals surface area contributed by atoms with Crippen LogP contribution in [0.4, 0.5) is 13.2 Å². The average molecular weight is 496 g/mol. The van der Waals surface area contributed by atoms with E-state index in [1.54, 1.807) is 11.8 Å². The molecule has 0 radical (unpaired) electrons. The van der Waals surface area contributed by atoms with Crippen LogP contribution >= 0.6 is 23.4 Å². The monoisotopic (exact) mass is 495 g/mol. The van der Waals surface area contributed by atoms with E-state index in [0.717, 1.165) is 23.6 Å². The Morgan fingerprint density at radius 1 is 1.28 bits per heavy atom. The number of hydrogen-bond acceptors (Lipinski definition) is 6. The van der Waals surface area contributed by atoms with Crippen LogP contribution in [0.15, 0.2) is 16.9 Å². The summed E-state index contributed by atoms with van der Waals surface area (Å²) in [6.45, 7) is 3.95. The third-order valence-corrected chi connectivity index (χ3v) is 5.94. The van der Waals surface area contributed by atoms with Crippen molar-refractivity contribution in [2.45, 2.75) is 46.8 Å². The minimum Gasteiger partial charge on any atom is -0.477 e. The zero-order valence-electron chi connectivity index (χ0n) is 18.1. The van der Waals surface area contributed by atoms with Gasteiger partial charge < -0.3 is 9.47 Å². The molecule has 1 atom stereocenters. The summed E-state index contributed by atoms with van der Waals surface area (Å²) in [7, 11) is 0. The maximum atomic E-state index is 14.4. The molecule has 7 nitrogen and oxygen atoms in total. The Labute approximate surface area is 192 Å². The molecule has 0 aliphatic rings. The summed E-state index contributed by atoms with van der Waals surface area (Å²) in [5.74, 6) is 0.421. The fourth-order valence-electron chi connectivity index (χ4n) is 2.64. The number of thioether (sulfide) groups is 1. The second-order valence-corrected chi connectivity index (χ2v) is 8.93. The molecule has 32 heavy (non-hydrogen) atoms. The number of hydrogen-bond donors (Lipinski definition) is 0. The van der Waals surface area contributed by atoms with Gasteiger partial charge in [0.05, 0.1) is 11.6 Å². The number of aryl methyl sites for hydroxylation is 1. The van der Waals surface area contributed by atoms with Gasteiger partial charge in [-0.1, -0.05) is 25.4 Å². The molecule has 178 valence electrons. The van der Waals surface area contributed by atoms with E-state index >= 15 is 0 Å². The maximum Gasteiger partial charge on any atom is 0.355 e. The lowest BCUT2D eigenvalue weighted by atomic mass is 10.2. The number of nitrogens with zero attached hydrogens (tertiary/aromatic N) is 3. The summed E-state index contributed by atoms with van der Waals surface area (Å²) in [5.41, 5.74) is -1.67. The third-order valence-electron chi connectivity index (χ3n) is 4.17. The zero-order chi connectivity index (χ0) is 24.0. The molecule has 0 N–H and O–H groups in total. The van der Waals surface area contributed by atoms with Crippen LogP contribution in [-0.4, -0.2) is 44.5 Å². The van der Waals surface area contributed by atoms with Gasteiger partial charge in [-0.15, -0.1) is 5.10 Å². The highest BCUT2D eigenvalue weighted by atomic mass is 35.5. The van der Waals surface area contributed by atoms with Crippen molar-refractivity contribution in [1.29, 1.82) is 0 Å². The number of esters is 1. The highest BCUT2D eigenvalue weighted by molar-refractivity contribution is 7.99. The van der Waals surface area contributed by atoms with Gasteiger partial charge >= 0.3 is 18.2 Å². The van der Waals surface area contributed by atoms with Gasteiger partial charge in [0.1, 0.15) is 17.3 Å². The van der Waals surface area contributed by atoms with Crippen LogP contribution in [0.2, 0.25) is 5.02 Å². The Morgan fingerprint density at radius 3 is 2.56 bits per heavy atom. The molecule has 0 bridgehead atoms. The molecule has 0 fully saturated rings. The summed E-state index contributed by atoms with van der Waals surface area (Å²) in [4.78, 5) is 24.4. The third kappa shape index (κ3) is 6.68. The van der Waals surface area contributed by atoms with Crippen molar-refractivity contribution < 1.29 is 27.4 Å². The van der Waals surface area contributed by atoms with Gasteiger partial charge in [0, 0.05) is 6.07 Å². The van der Waals surface area contributed by atoms with E-state index in [0.29, 0.717) is 17.0 Å². The Balaban J connectivity index is 2.09. The summed E-state index contributed by atoms with van der Waals surface area (Å²) < 4.78 is 51.8. The van der Waals surface area contributed by atoms with E-state index in [1.807, 2.05) is 0 Å². The van der Waals surface area contributed by atoms with Crippen LogP contribution in [0.3, 0.4) is 0 Å². The maximum absolute atomic E-state index is 14.4. The molecule has 0 aliphatic carbocycles. The average Bonchev–Trinajstić information content (AvgIpc) is 3.00. The lowest BCUT2D eigenvalue weighted by Crippen LogP contribution is -2.27. The van der Waals surface area contributed by atoms with E-state index in [-0.39, 0.29) is 27.8 Å². The number of halogens is 4. The van der Waals surface area contributed by atoms with Crippen LogP contribution in [-0.2, 0) is 9.53 Å². The predicted octanol–water partition coefficient (Wildman–Crippen LogP) is 4.62. The second-order valence-electron chi connectivity index (χ2n) is 7.37. The fourth-order valence-corrected chi connectivity index (χ4v) is 3.79. The van der Waals surface area contributed by atoms with Crippen molar-refractivity contribution in [3.05, 3.63) is 39.3 Å². The lowest BCUT2D eigenvalue weighted by Gasteiger charge is -2.16. The van der Waals surface area contributed by atoms with Crippen molar-refractivity contribution in [3.8, 4) is 11.4 Å². The Bertz CT molecular complexity index is 997. The van der Waals surface area contributed by atoms with Gasteiger partial charge in [-0.2, -0.15) is 25.2 Å². The number of alkyl halides is 2. The number of carbonyl (C=O) groups excluding carboxylic acids is 1. The lowest BCUT2D eigenvalue weighted by molar-refractivity contribution is -0.151. The van der Waals surface area contributed by atoms with Crippen LogP contribution in [0.5, 0.6) is 5.75 Å². The molecule has 2 rings (SSSR count). The summed E-state index contributed by atoms with van der Waals surface area (Å²) >= 11 is 7.77. The molecule has 0 saturated heterocycles. The molecule has 0 amide bonds. The molecule has 1 unspecified atom stereocenters. The Morgan fingerprint density at radius 2 is 1.97 bits per heavy atom. The second kappa shape index (κ2) is 11.6. The molecule has 12 heteroatoms. The molecule has 0 spiro atoms. The number of aromatic nitrogens is 3. The largest absolute Gasteiger partial charge is 0.477 e. The molecule has 1 aromatic heterocycles. The molecule has 0 saturated carbocycles. The molecular weight excluding hydrogens is 471 g/mol. The van der Waals surface area contributed by atoms with E-state index in [4.69, 9.17) is 21.1 Å². The standard InChI is InChI=1S/C20H25ClF3N3O4S/c1-11(2)10-32-7-5-6-30-18(28)12(3)31-17-9-16(15(22)8-14(17)21)27-20(29)26(19(23)24)13(4)25-27/h8-9,11-12,19H,5-7,10H2,1-4H3. The molecule has 1 aromatic carbocycles. The first kappa shape index (κ1) is 26.1. The van der Waals surface area contributed by atoms with Crippen LogP contribution < -0.4 is 10.4 Å². The predicted molar refractivity (Wildman–Crippen MR) is 117 cm³/mol. The van der Waals surface area contributed by atoms with Crippen molar-refractivity contribution in [1.82, 2.24) is 14.3 Å². The van der Waals surface area contributed by atoms with E-state index in [1.165, 1.54) is 13.8 Å². The Hall–Kier alpha value is -2.14. The Kier molecular flexibility index (Phi) is 9.50. The molecular formula is C20H25ClF3N3O4S.